The van der Waals surface area contributed by atoms with Gasteiger partial charge in [0.2, 0.25) is 5.91 Å². The number of hydrogen-bond acceptors (Lipinski definition) is 3. The molecule has 0 heterocycles. The Kier molecular flexibility index (Phi) is 6.38. The molecule has 0 saturated carbocycles. The highest BCUT2D eigenvalue weighted by molar-refractivity contribution is 9.10. The predicted octanol–water partition coefficient (Wildman–Crippen LogP) is 3.06. The molecule has 0 spiro atoms. The normalized spacial score (nSPS) is 12.3. The fourth-order valence-electron chi connectivity index (χ4n) is 1.29. The summed E-state index contributed by atoms with van der Waals surface area (Å²) in [7, 11) is 1.51. The van der Waals surface area contributed by atoms with Gasteiger partial charge in [0.1, 0.15) is 0 Å². The van der Waals surface area contributed by atoms with Crippen molar-refractivity contribution in [2.45, 2.75) is 12.5 Å². The van der Waals surface area contributed by atoms with Crippen molar-refractivity contribution < 1.29 is 9.53 Å². The van der Waals surface area contributed by atoms with Gasteiger partial charge in [-0.2, -0.15) is 0 Å². The largest absolute Gasteiger partial charge is 0.380 e. The number of carbonyl (C=O) groups is 1. The molecule has 0 aliphatic heterocycles. The summed E-state index contributed by atoms with van der Waals surface area (Å²) in [4.78, 5) is 11.7. The molecule has 18 heavy (non-hydrogen) atoms. The van der Waals surface area contributed by atoms with Crippen molar-refractivity contribution >= 4 is 50.7 Å². The second-order valence-electron chi connectivity index (χ2n) is 3.57. The van der Waals surface area contributed by atoms with Gasteiger partial charge in [-0.15, -0.1) is 0 Å². The second-order valence-corrected chi connectivity index (χ2v) is 5.18. The lowest BCUT2D eigenvalue weighted by Crippen LogP contribution is -2.28. The molecule has 1 atom stereocenters. The lowest BCUT2D eigenvalue weighted by Gasteiger charge is -2.13. The fraction of sp³-hybridized carbons (Fsp3) is 0.364. The zero-order valence-corrected chi connectivity index (χ0v) is 12.8. The Hall–Kier alpha value is -0.330. The van der Waals surface area contributed by atoms with E-state index in [-0.39, 0.29) is 25.0 Å². The van der Waals surface area contributed by atoms with Crippen LogP contribution in [0.5, 0.6) is 0 Å². The Morgan fingerprint density at radius 2 is 2.17 bits per heavy atom. The van der Waals surface area contributed by atoms with E-state index in [0.717, 1.165) is 0 Å². The first kappa shape index (κ1) is 15.7. The van der Waals surface area contributed by atoms with Crippen LogP contribution in [0.1, 0.15) is 6.42 Å². The fourth-order valence-corrected chi connectivity index (χ4v) is 2.11. The van der Waals surface area contributed by atoms with Crippen LogP contribution < -0.4 is 11.1 Å². The van der Waals surface area contributed by atoms with Crippen molar-refractivity contribution in [1.82, 2.24) is 0 Å². The number of rotatable bonds is 5. The second kappa shape index (κ2) is 7.31. The summed E-state index contributed by atoms with van der Waals surface area (Å²) in [6.45, 7) is 0.277. The van der Waals surface area contributed by atoms with E-state index >= 15 is 0 Å². The number of carbonyl (C=O) groups excluding carboxylic acids is 1. The van der Waals surface area contributed by atoms with Crippen molar-refractivity contribution in [2.75, 3.05) is 19.0 Å². The highest BCUT2D eigenvalue weighted by Gasteiger charge is 2.14. The number of methoxy groups -OCH3 is 1. The van der Waals surface area contributed by atoms with Gasteiger partial charge in [0.15, 0.2) is 0 Å². The average Bonchev–Trinajstić information content (AvgIpc) is 2.36. The number of anilines is 1. The Labute approximate surface area is 124 Å². The molecule has 100 valence electrons. The molecule has 4 nitrogen and oxygen atoms in total. The topological polar surface area (TPSA) is 64.3 Å². The third-order valence-electron chi connectivity index (χ3n) is 2.32. The van der Waals surface area contributed by atoms with E-state index in [1.807, 2.05) is 0 Å². The first-order valence-corrected chi connectivity index (χ1v) is 6.70. The Morgan fingerprint density at radius 3 is 2.72 bits per heavy atom. The SMILES string of the molecule is COC(CN)CC(=O)Nc1ccc(Br)c(Cl)c1Cl. The minimum absolute atomic E-state index is 0.164. The number of hydrogen-bond donors (Lipinski definition) is 2. The summed E-state index contributed by atoms with van der Waals surface area (Å²) in [6.07, 6.45) is -0.147. The van der Waals surface area contributed by atoms with E-state index in [2.05, 4.69) is 21.2 Å². The highest BCUT2D eigenvalue weighted by atomic mass is 79.9. The zero-order valence-electron chi connectivity index (χ0n) is 9.67. The maximum absolute atomic E-state index is 11.7. The summed E-state index contributed by atoms with van der Waals surface area (Å²) in [5.41, 5.74) is 5.90. The van der Waals surface area contributed by atoms with E-state index in [0.29, 0.717) is 20.2 Å². The van der Waals surface area contributed by atoms with Crippen molar-refractivity contribution in [1.29, 1.82) is 0 Å². The molecular formula is C11H13BrCl2N2O2. The Bertz CT molecular complexity index is 439. The van der Waals surface area contributed by atoms with E-state index in [9.17, 15) is 4.79 Å². The van der Waals surface area contributed by atoms with Crippen LogP contribution in [0.25, 0.3) is 0 Å². The van der Waals surface area contributed by atoms with Crippen LogP contribution in [0, 0.1) is 0 Å². The maximum Gasteiger partial charge on any atom is 0.227 e. The van der Waals surface area contributed by atoms with Gasteiger partial charge in [0, 0.05) is 18.1 Å². The first-order chi connectivity index (χ1) is 8.49. The summed E-state index contributed by atoms with van der Waals surface area (Å²) in [5, 5.41) is 3.32. The molecule has 0 saturated heterocycles. The van der Waals surface area contributed by atoms with Gasteiger partial charge >= 0.3 is 0 Å². The van der Waals surface area contributed by atoms with E-state index in [4.69, 9.17) is 33.7 Å². The molecule has 0 radical (unpaired) electrons. The molecule has 0 bridgehead atoms. The monoisotopic (exact) mass is 354 g/mol. The minimum Gasteiger partial charge on any atom is -0.380 e. The number of benzene rings is 1. The number of nitrogens with one attached hydrogen (secondary N) is 1. The molecule has 1 aromatic rings. The van der Waals surface area contributed by atoms with Crippen LogP contribution in [0.3, 0.4) is 0 Å². The quantitative estimate of drug-likeness (QED) is 0.798. The van der Waals surface area contributed by atoms with Crippen molar-refractivity contribution in [2.24, 2.45) is 5.73 Å². The van der Waals surface area contributed by atoms with E-state index in [1.165, 1.54) is 7.11 Å². The molecule has 0 aliphatic rings. The predicted molar refractivity (Wildman–Crippen MR) is 77.3 cm³/mol. The van der Waals surface area contributed by atoms with E-state index in [1.54, 1.807) is 12.1 Å². The van der Waals surface area contributed by atoms with E-state index < -0.39 is 0 Å². The third kappa shape index (κ3) is 4.10. The number of amides is 1. The van der Waals surface area contributed by atoms with Crippen LogP contribution in [0.2, 0.25) is 10.0 Å². The van der Waals surface area contributed by atoms with Crippen molar-refractivity contribution in [3.05, 3.63) is 26.7 Å². The molecule has 1 amide bonds. The summed E-state index contributed by atoms with van der Waals surface area (Å²) >= 11 is 15.2. The van der Waals surface area contributed by atoms with Crippen LogP contribution in [-0.4, -0.2) is 25.7 Å². The number of ether oxygens (including phenoxy) is 1. The third-order valence-corrected chi connectivity index (χ3v) is 4.09. The zero-order chi connectivity index (χ0) is 13.7. The molecule has 1 rings (SSSR count). The highest BCUT2D eigenvalue weighted by Crippen LogP contribution is 2.35. The van der Waals surface area contributed by atoms with Gasteiger partial charge < -0.3 is 15.8 Å². The summed E-state index contributed by atoms with van der Waals surface area (Å²) in [6, 6.07) is 3.38. The molecular weight excluding hydrogens is 343 g/mol. The van der Waals surface area contributed by atoms with Crippen molar-refractivity contribution in [3.8, 4) is 0 Å². The molecule has 7 heteroatoms. The van der Waals surface area contributed by atoms with Crippen molar-refractivity contribution in [3.63, 3.8) is 0 Å². The number of halogens is 3. The van der Waals surface area contributed by atoms with Gasteiger partial charge in [-0.3, -0.25) is 4.79 Å². The lowest BCUT2D eigenvalue weighted by molar-refractivity contribution is -0.118. The van der Waals surface area contributed by atoms with Crippen LogP contribution >= 0.6 is 39.1 Å². The Morgan fingerprint density at radius 1 is 1.50 bits per heavy atom. The smallest absolute Gasteiger partial charge is 0.227 e. The van der Waals surface area contributed by atoms with Gasteiger partial charge in [-0.25, -0.2) is 0 Å². The lowest BCUT2D eigenvalue weighted by atomic mass is 10.2. The molecule has 0 aliphatic carbocycles. The van der Waals surface area contributed by atoms with Gasteiger partial charge in [0.05, 0.1) is 28.3 Å². The first-order valence-electron chi connectivity index (χ1n) is 5.15. The molecule has 1 unspecified atom stereocenters. The number of nitrogens with two attached hydrogens (primary N) is 1. The van der Waals surface area contributed by atoms with Crippen LogP contribution in [0.4, 0.5) is 5.69 Å². The summed E-state index contributed by atoms with van der Waals surface area (Å²) in [5.74, 6) is -0.229. The van der Waals surface area contributed by atoms with Crippen LogP contribution in [-0.2, 0) is 9.53 Å². The average molecular weight is 356 g/mol. The molecule has 1 aromatic carbocycles. The van der Waals surface area contributed by atoms with Gasteiger partial charge in [-0.05, 0) is 28.1 Å². The summed E-state index contributed by atoms with van der Waals surface area (Å²) < 4.78 is 5.70. The molecule has 0 fully saturated rings. The molecule has 0 aromatic heterocycles. The maximum atomic E-state index is 11.7. The Balaban J connectivity index is 2.73. The molecule has 3 N–H and O–H groups in total. The van der Waals surface area contributed by atoms with Gasteiger partial charge in [0.25, 0.3) is 0 Å². The van der Waals surface area contributed by atoms with Crippen LogP contribution in [0.15, 0.2) is 16.6 Å². The standard InChI is InChI=1S/C11H13BrCl2N2O2/c1-18-6(5-15)4-9(17)16-8-3-2-7(12)10(13)11(8)14/h2-3,6H,4-5,15H2,1H3,(H,16,17). The minimum atomic E-state index is -0.310. The van der Waals surface area contributed by atoms with Gasteiger partial charge in [-0.1, -0.05) is 23.2 Å².